The van der Waals surface area contributed by atoms with Crippen LogP contribution in [0.5, 0.6) is 0 Å². The van der Waals surface area contributed by atoms with E-state index in [0.29, 0.717) is 10.5 Å². The van der Waals surface area contributed by atoms with Crippen LogP contribution < -0.4 is 0 Å². The van der Waals surface area contributed by atoms with E-state index in [9.17, 15) is 5.11 Å². The molecule has 2 unspecified atom stereocenters. The predicted octanol–water partition coefficient (Wildman–Crippen LogP) is 2.28. The average Bonchev–Trinajstić information content (AvgIpc) is 2.69. The maximum atomic E-state index is 11.0. The Balaban J connectivity index is 2.02. The van der Waals surface area contributed by atoms with Gasteiger partial charge in [0.2, 0.25) is 0 Å². The highest BCUT2D eigenvalue weighted by Gasteiger charge is 2.46. The quantitative estimate of drug-likeness (QED) is 0.833. The Morgan fingerprint density at radius 2 is 1.88 bits per heavy atom. The zero-order valence-electron chi connectivity index (χ0n) is 10.7. The SMILES string of the molecule is Cc1nn(C)c(C)c1C1(O)CC2CCC(C1)S2. The standard InChI is InChI=1S/C13H20N2OS/c1-8-12(9(2)15(3)14-8)13(16)6-10-4-5-11(7-13)17-10/h10-11,16H,4-7H2,1-3H3. The van der Waals surface area contributed by atoms with Crippen molar-refractivity contribution in [2.75, 3.05) is 0 Å². The molecule has 4 heteroatoms. The number of aliphatic hydroxyl groups is 1. The van der Waals surface area contributed by atoms with Crippen molar-refractivity contribution in [2.45, 2.75) is 55.6 Å². The van der Waals surface area contributed by atoms with E-state index in [1.165, 1.54) is 12.8 Å². The van der Waals surface area contributed by atoms with E-state index in [1.54, 1.807) is 0 Å². The first-order valence-electron chi connectivity index (χ1n) is 6.38. The number of aromatic nitrogens is 2. The molecule has 2 atom stereocenters. The fourth-order valence-electron chi connectivity index (χ4n) is 3.57. The summed E-state index contributed by atoms with van der Waals surface area (Å²) in [7, 11) is 1.96. The number of hydrogen-bond donors (Lipinski definition) is 1. The molecule has 2 saturated heterocycles. The number of fused-ring (bicyclic) bond motifs is 2. The Bertz CT molecular complexity index is 443. The summed E-state index contributed by atoms with van der Waals surface area (Å²) in [5, 5.41) is 16.8. The van der Waals surface area contributed by atoms with E-state index < -0.39 is 5.60 Å². The van der Waals surface area contributed by atoms with Crippen LogP contribution in [0.25, 0.3) is 0 Å². The van der Waals surface area contributed by atoms with E-state index in [1.807, 2.05) is 18.7 Å². The molecule has 2 bridgehead atoms. The third-order valence-corrected chi connectivity index (χ3v) is 5.88. The lowest BCUT2D eigenvalue weighted by Gasteiger charge is -2.36. The van der Waals surface area contributed by atoms with E-state index in [4.69, 9.17) is 0 Å². The predicted molar refractivity (Wildman–Crippen MR) is 70.2 cm³/mol. The molecule has 0 aliphatic carbocycles. The summed E-state index contributed by atoms with van der Waals surface area (Å²) in [6.45, 7) is 4.08. The van der Waals surface area contributed by atoms with Crippen LogP contribution >= 0.6 is 11.8 Å². The van der Waals surface area contributed by atoms with Crippen LogP contribution in [0.1, 0.15) is 42.6 Å². The minimum Gasteiger partial charge on any atom is -0.385 e. The largest absolute Gasteiger partial charge is 0.385 e. The summed E-state index contributed by atoms with van der Waals surface area (Å²) in [5.74, 6) is 0. The first-order chi connectivity index (χ1) is 7.99. The van der Waals surface area contributed by atoms with E-state index in [-0.39, 0.29) is 0 Å². The molecule has 0 radical (unpaired) electrons. The van der Waals surface area contributed by atoms with Gasteiger partial charge in [-0.2, -0.15) is 16.9 Å². The van der Waals surface area contributed by atoms with Crippen LogP contribution in [-0.2, 0) is 12.6 Å². The minimum atomic E-state index is -0.625. The molecule has 1 aromatic heterocycles. The molecule has 1 N–H and O–H groups in total. The maximum absolute atomic E-state index is 11.0. The van der Waals surface area contributed by atoms with Crippen LogP contribution in [0.4, 0.5) is 0 Å². The van der Waals surface area contributed by atoms with Gasteiger partial charge in [-0.1, -0.05) is 0 Å². The summed E-state index contributed by atoms with van der Waals surface area (Å²) >= 11 is 2.08. The zero-order chi connectivity index (χ0) is 12.2. The lowest BCUT2D eigenvalue weighted by Crippen LogP contribution is -2.35. The third-order valence-electron chi connectivity index (χ3n) is 4.30. The van der Waals surface area contributed by atoms with Gasteiger partial charge in [0.25, 0.3) is 0 Å². The van der Waals surface area contributed by atoms with Gasteiger partial charge in [0.05, 0.1) is 11.3 Å². The highest BCUT2D eigenvalue weighted by molar-refractivity contribution is 8.00. The number of hydrogen-bond acceptors (Lipinski definition) is 3. The molecule has 2 aliphatic rings. The van der Waals surface area contributed by atoms with Gasteiger partial charge in [0, 0.05) is 28.8 Å². The van der Waals surface area contributed by atoms with Crippen LogP contribution in [-0.4, -0.2) is 25.4 Å². The second kappa shape index (κ2) is 3.75. The summed E-state index contributed by atoms with van der Waals surface area (Å²) in [6, 6.07) is 0. The summed E-state index contributed by atoms with van der Waals surface area (Å²) in [6.07, 6.45) is 4.36. The summed E-state index contributed by atoms with van der Waals surface area (Å²) in [5.41, 5.74) is 2.59. The monoisotopic (exact) mass is 252 g/mol. The van der Waals surface area contributed by atoms with Crippen molar-refractivity contribution in [3.63, 3.8) is 0 Å². The third kappa shape index (κ3) is 1.73. The molecular formula is C13H20N2OS. The molecule has 2 fully saturated rings. The van der Waals surface area contributed by atoms with Gasteiger partial charge in [-0.15, -0.1) is 0 Å². The Morgan fingerprint density at radius 1 is 1.29 bits per heavy atom. The summed E-state index contributed by atoms with van der Waals surface area (Å²) in [4.78, 5) is 0. The fraction of sp³-hybridized carbons (Fsp3) is 0.769. The van der Waals surface area contributed by atoms with Crippen molar-refractivity contribution in [1.29, 1.82) is 0 Å². The smallest absolute Gasteiger partial charge is 0.0953 e. The molecule has 17 heavy (non-hydrogen) atoms. The van der Waals surface area contributed by atoms with Crippen molar-refractivity contribution in [3.8, 4) is 0 Å². The van der Waals surface area contributed by atoms with Crippen molar-refractivity contribution >= 4 is 11.8 Å². The van der Waals surface area contributed by atoms with Crippen molar-refractivity contribution in [1.82, 2.24) is 9.78 Å². The Morgan fingerprint density at radius 3 is 2.35 bits per heavy atom. The molecule has 94 valence electrons. The first kappa shape index (κ1) is 11.6. The van der Waals surface area contributed by atoms with Crippen LogP contribution in [0.2, 0.25) is 0 Å². The normalized spacial score (nSPS) is 36.5. The molecule has 3 nitrogen and oxygen atoms in total. The molecule has 0 saturated carbocycles. The number of aryl methyl sites for hydroxylation is 2. The van der Waals surface area contributed by atoms with Crippen LogP contribution in [0, 0.1) is 13.8 Å². The molecule has 0 aromatic carbocycles. The van der Waals surface area contributed by atoms with Gasteiger partial charge in [-0.05, 0) is 39.5 Å². The van der Waals surface area contributed by atoms with Gasteiger partial charge in [0.1, 0.15) is 0 Å². The Kier molecular flexibility index (Phi) is 2.56. The summed E-state index contributed by atoms with van der Waals surface area (Å²) < 4.78 is 1.90. The van der Waals surface area contributed by atoms with Gasteiger partial charge < -0.3 is 5.11 Å². The van der Waals surface area contributed by atoms with E-state index in [0.717, 1.165) is 29.8 Å². The highest BCUT2D eigenvalue weighted by Crippen LogP contribution is 2.52. The lowest BCUT2D eigenvalue weighted by molar-refractivity contribution is 0.0184. The van der Waals surface area contributed by atoms with E-state index >= 15 is 0 Å². The number of thioether (sulfide) groups is 1. The second-order valence-electron chi connectivity index (χ2n) is 5.57. The number of nitrogens with zero attached hydrogens (tertiary/aromatic N) is 2. The zero-order valence-corrected chi connectivity index (χ0v) is 11.5. The minimum absolute atomic E-state index is 0.625. The number of rotatable bonds is 1. The highest BCUT2D eigenvalue weighted by atomic mass is 32.2. The van der Waals surface area contributed by atoms with Gasteiger partial charge >= 0.3 is 0 Å². The Hall–Kier alpha value is -0.480. The maximum Gasteiger partial charge on any atom is 0.0953 e. The molecule has 0 spiro atoms. The van der Waals surface area contributed by atoms with Gasteiger partial charge in [0.15, 0.2) is 0 Å². The second-order valence-corrected chi connectivity index (χ2v) is 7.17. The Labute approximate surface area is 107 Å². The van der Waals surface area contributed by atoms with Crippen LogP contribution in [0.3, 0.4) is 0 Å². The van der Waals surface area contributed by atoms with Gasteiger partial charge in [-0.25, -0.2) is 0 Å². The lowest BCUT2D eigenvalue weighted by atomic mass is 9.84. The molecule has 2 aliphatic heterocycles. The first-order valence-corrected chi connectivity index (χ1v) is 7.32. The van der Waals surface area contributed by atoms with Crippen molar-refractivity contribution in [2.24, 2.45) is 7.05 Å². The fourth-order valence-corrected chi connectivity index (χ4v) is 5.40. The van der Waals surface area contributed by atoms with E-state index in [2.05, 4.69) is 23.8 Å². The molecule has 3 heterocycles. The average molecular weight is 252 g/mol. The molecule has 0 amide bonds. The van der Waals surface area contributed by atoms with Crippen molar-refractivity contribution in [3.05, 3.63) is 17.0 Å². The van der Waals surface area contributed by atoms with Crippen molar-refractivity contribution < 1.29 is 5.11 Å². The molecule has 1 aromatic rings. The molecular weight excluding hydrogens is 232 g/mol. The van der Waals surface area contributed by atoms with Gasteiger partial charge in [-0.3, -0.25) is 4.68 Å². The van der Waals surface area contributed by atoms with Crippen LogP contribution in [0.15, 0.2) is 0 Å². The molecule has 3 rings (SSSR count). The topological polar surface area (TPSA) is 38.0 Å².